The second-order valence-electron chi connectivity index (χ2n) is 7.25. The summed E-state index contributed by atoms with van der Waals surface area (Å²) in [6, 6.07) is 8.16. The van der Waals surface area contributed by atoms with E-state index in [9.17, 15) is 14.4 Å². The van der Waals surface area contributed by atoms with Crippen molar-refractivity contribution in [3.8, 4) is 0 Å². The van der Waals surface area contributed by atoms with Crippen LogP contribution in [-0.2, 0) is 11.3 Å². The van der Waals surface area contributed by atoms with E-state index < -0.39 is 17.9 Å². The van der Waals surface area contributed by atoms with Gasteiger partial charge in [0.15, 0.2) is 11.0 Å². The maximum Gasteiger partial charge on any atom is 0.335 e. The van der Waals surface area contributed by atoms with E-state index in [0.29, 0.717) is 28.1 Å². The highest BCUT2D eigenvalue weighted by molar-refractivity contribution is 7.99. The molecule has 0 radical (unpaired) electrons. The first-order valence-corrected chi connectivity index (χ1v) is 12.4. The number of nitrogens with one attached hydrogen (secondary N) is 2. The number of nitrogens with zero attached hydrogens (tertiary/aromatic N) is 3. The molecule has 2 aromatic carbocycles. The Balaban J connectivity index is 1.65. The van der Waals surface area contributed by atoms with Crippen LogP contribution in [0.25, 0.3) is 0 Å². The number of carboxylic acids is 1. The Kier molecular flexibility index (Phi) is 9.01. The van der Waals surface area contributed by atoms with Crippen molar-refractivity contribution >= 4 is 70.0 Å². The van der Waals surface area contributed by atoms with Crippen LogP contribution in [0.2, 0.25) is 15.1 Å². The van der Waals surface area contributed by atoms with Crippen LogP contribution in [0.5, 0.6) is 0 Å². The van der Waals surface area contributed by atoms with Gasteiger partial charge in [-0.1, -0.05) is 46.6 Å². The molecule has 0 saturated heterocycles. The van der Waals surface area contributed by atoms with Crippen LogP contribution in [-0.4, -0.2) is 43.4 Å². The Labute approximate surface area is 220 Å². The molecule has 0 bridgehead atoms. The monoisotopic (exact) mass is 555 g/mol. The standard InChI is InChI=1S/C22H20Cl3N5O4S/c1-3-30-19(11(2)26-20(32)12-4-6-14(23)16(25)8-12)28-29-22(30)35-10-18(31)27-17-9-13(21(33)34)5-7-15(17)24/h4-9,11H,3,10H2,1-2H3,(H,26,32)(H,27,31)(H,33,34). The Hall–Kier alpha value is -2.79. The number of benzene rings is 2. The zero-order valence-corrected chi connectivity index (χ0v) is 21.6. The summed E-state index contributed by atoms with van der Waals surface area (Å²) in [5.41, 5.74) is 0.559. The molecule has 0 saturated carbocycles. The van der Waals surface area contributed by atoms with Gasteiger partial charge >= 0.3 is 5.97 Å². The van der Waals surface area contributed by atoms with Crippen molar-refractivity contribution in [2.45, 2.75) is 31.6 Å². The molecule has 0 aliphatic rings. The van der Waals surface area contributed by atoms with E-state index in [1.807, 2.05) is 6.92 Å². The molecule has 0 aliphatic heterocycles. The Morgan fingerprint density at radius 1 is 1.03 bits per heavy atom. The number of carboxylic acid groups (broad SMARTS) is 1. The number of hydrogen-bond donors (Lipinski definition) is 3. The van der Waals surface area contributed by atoms with Crippen molar-refractivity contribution in [2.24, 2.45) is 0 Å². The SMILES string of the molecule is CCn1c(SCC(=O)Nc2cc(C(=O)O)ccc2Cl)nnc1C(C)NC(=O)c1ccc(Cl)c(Cl)c1. The minimum Gasteiger partial charge on any atom is -0.478 e. The Morgan fingerprint density at radius 3 is 2.37 bits per heavy atom. The highest BCUT2D eigenvalue weighted by atomic mass is 35.5. The largest absolute Gasteiger partial charge is 0.478 e. The molecule has 13 heteroatoms. The van der Waals surface area contributed by atoms with Crippen LogP contribution in [0, 0.1) is 0 Å². The third kappa shape index (κ3) is 6.66. The fourth-order valence-corrected chi connectivity index (χ4v) is 4.35. The summed E-state index contributed by atoms with van der Waals surface area (Å²) in [6.45, 7) is 4.16. The summed E-state index contributed by atoms with van der Waals surface area (Å²) in [7, 11) is 0. The number of amides is 2. The maximum absolute atomic E-state index is 12.6. The summed E-state index contributed by atoms with van der Waals surface area (Å²) >= 11 is 19.1. The summed E-state index contributed by atoms with van der Waals surface area (Å²) in [6.07, 6.45) is 0. The quantitative estimate of drug-likeness (QED) is 0.310. The molecule has 0 spiro atoms. The second kappa shape index (κ2) is 11.8. The Bertz CT molecular complexity index is 1280. The summed E-state index contributed by atoms with van der Waals surface area (Å²) in [5.74, 6) is -1.38. The predicted octanol–water partition coefficient (Wildman–Crippen LogP) is 5.18. The summed E-state index contributed by atoms with van der Waals surface area (Å²) < 4.78 is 1.79. The zero-order chi connectivity index (χ0) is 25.7. The smallest absolute Gasteiger partial charge is 0.335 e. The average Bonchev–Trinajstić information content (AvgIpc) is 3.23. The normalized spacial score (nSPS) is 11.7. The lowest BCUT2D eigenvalue weighted by atomic mass is 10.2. The van der Waals surface area contributed by atoms with E-state index in [1.54, 1.807) is 23.6 Å². The molecule has 3 rings (SSSR count). The number of aromatic nitrogens is 3. The molecular formula is C22H20Cl3N5O4S. The van der Waals surface area contributed by atoms with Crippen molar-refractivity contribution in [3.05, 3.63) is 68.4 Å². The highest BCUT2D eigenvalue weighted by Gasteiger charge is 2.21. The van der Waals surface area contributed by atoms with E-state index in [-0.39, 0.29) is 33.0 Å². The molecule has 2 amide bonds. The number of aromatic carboxylic acids is 1. The van der Waals surface area contributed by atoms with E-state index in [1.165, 1.54) is 24.3 Å². The lowest BCUT2D eigenvalue weighted by molar-refractivity contribution is -0.113. The van der Waals surface area contributed by atoms with Gasteiger partial charge in [-0.25, -0.2) is 4.79 Å². The first-order chi connectivity index (χ1) is 16.6. The highest BCUT2D eigenvalue weighted by Crippen LogP contribution is 2.26. The summed E-state index contributed by atoms with van der Waals surface area (Å²) in [5, 5.41) is 24.2. The lowest BCUT2D eigenvalue weighted by Gasteiger charge is -2.15. The molecule has 1 aromatic heterocycles. The number of hydrogen-bond acceptors (Lipinski definition) is 6. The number of anilines is 1. The van der Waals surface area contributed by atoms with Crippen LogP contribution in [0.4, 0.5) is 5.69 Å². The van der Waals surface area contributed by atoms with Crippen molar-refractivity contribution in [3.63, 3.8) is 0 Å². The molecule has 1 heterocycles. The molecule has 3 aromatic rings. The predicted molar refractivity (Wildman–Crippen MR) is 136 cm³/mol. The number of thioether (sulfide) groups is 1. The van der Waals surface area contributed by atoms with E-state index in [4.69, 9.17) is 39.9 Å². The first-order valence-electron chi connectivity index (χ1n) is 10.2. The van der Waals surface area contributed by atoms with Gasteiger partial charge < -0.3 is 20.3 Å². The minimum atomic E-state index is -1.13. The minimum absolute atomic E-state index is 0.00428. The van der Waals surface area contributed by atoms with Crippen LogP contribution >= 0.6 is 46.6 Å². The van der Waals surface area contributed by atoms with Crippen molar-refractivity contribution in [1.82, 2.24) is 20.1 Å². The molecule has 0 fully saturated rings. The Morgan fingerprint density at radius 2 is 1.71 bits per heavy atom. The molecule has 0 aliphatic carbocycles. The fraction of sp³-hybridized carbons (Fsp3) is 0.227. The van der Waals surface area contributed by atoms with Gasteiger partial charge in [-0.15, -0.1) is 10.2 Å². The van der Waals surface area contributed by atoms with Gasteiger partial charge in [0.1, 0.15) is 0 Å². The van der Waals surface area contributed by atoms with Crippen molar-refractivity contribution < 1.29 is 19.5 Å². The van der Waals surface area contributed by atoms with Gasteiger partial charge in [-0.2, -0.15) is 0 Å². The van der Waals surface area contributed by atoms with Crippen molar-refractivity contribution in [2.75, 3.05) is 11.1 Å². The third-order valence-corrected chi connectivity index (χ3v) is 6.83. The van der Waals surface area contributed by atoms with Crippen LogP contribution in [0.1, 0.15) is 46.4 Å². The van der Waals surface area contributed by atoms with Gasteiger partial charge in [-0.3, -0.25) is 9.59 Å². The topological polar surface area (TPSA) is 126 Å². The van der Waals surface area contributed by atoms with Gasteiger partial charge in [0.05, 0.1) is 38.1 Å². The van der Waals surface area contributed by atoms with Gasteiger partial charge in [-0.05, 0) is 50.2 Å². The van der Waals surface area contributed by atoms with Gasteiger partial charge in [0.2, 0.25) is 5.91 Å². The fourth-order valence-electron chi connectivity index (χ4n) is 3.08. The number of halogens is 3. The molecule has 9 nitrogen and oxygen atoms in total. The molecule has 184 valence electrons. The van der Waals surface area contributed by atoms with Gasteiger partial charge in [0.25, 0.3) is 5.91 Å². The van der Waals surface area contributed by atoms with E-state index in [2.05, 4.69) is 20.8 Å². The van der Waals surface area contributed by atoms with Crippen LogP contribution < -0.4 is 10.6 Å². The van der Waals surface area contributed by atoms with Crippen LogP contribution in [0.15, 0.2) is 41.6 Å². The van der Waals surface area contributed by atoms with Gasteiger partial charge in [0, 0.05) is 12.1 Å². The summed E-state index contributed by atoms with van der Waals surface area (Å²) in [4.78, 5) is 36.2. The molecule has 3 N–H and O–H groups in total. The van der Waals surface area contributed by atoms with Crippen molar-refractivity contribution in [1.29, 1.82) is 0 Å². The third-order valence-electron chi connectivity index (χ3n) is 4.80. The average molecular weight is 557 g/mol. The van der Waals surface area contributed by atoms with E-state index >= 15 is 0 Å². The second-order valence-corrected chi connectivity index (χ2v) is 9.41. The maximum atomic E-state index is 12.6. The lowest BCUT2D eigenvalue weighted by Crippen LogP contribution is -2.28. The molecular weight excluding hydrogens is 537 g/mol. The number of rotatable bonds is 9. The van der Waals surface area contributed by atoms with Crippen LogP contribution in [0.3, 0.4) is 0 Å². The molecule has 1 atom stereocenters. The first kappa shape index (κ1) is 26.8. The zero-order valence-electron chi connectivity index (χ0n) is 18.5. The number of carbonyl (C=O) groups is 3. The van der Waals surface area contributed by atoms with E-state index in [0.717, 1.165) is 11.8 Å². The molecule has 1 unspecified atom stereocenters. The molecule has 35 heavy (non-hydrogen) atoms. The number of carbonyl (C=O) groups excluding carboxylic acids is 2.